The number of aliphatic hydroxyl groups is 1. The highest BCUT2D eigenvalue weighted by molar-refractivity contribution is 5.10. The average molecular weight is 224 g/mol. The smallest absolute Gasteiger partial charge is 0.0862 e. The van der Waals surface area contributed by atoms with Crippen LogP contribution in [0.4, 0.5) is 0 Å². The molecule has 1 aromatic rings. The molecule has 16 heavy (non-hydrogen) atoms. The summed E-state index contributed by atoms with van der Waals surface area (Å²) < 4.78 is 7.21. The number of aliphatic hydroxyl groups excluding tert-OH is 1. The highest BCUT2D eigenvalue weighted by Crippen LogP contribution is 2.36. The predicted octanol–water partition coefficient (Wildman–Crippen LogP) is 1.06. The maximum Gasteiger partial charge on any atom is 0.0862 e. The topological polar surface area (TPSA) is 47.3 Å². The molecule has 2 rings (SSSR count). The Balaban J connectivity index is 2.00. The van der Waals surface area contributed by atoms with Crippen LogP contribution in [0.25, 0.3) is 0 Å². The summed E-state index contributed by atoms with van der Waals surface area (Å²) in [6.07, 6.45) is 2.54. The van der Waals surface area contributed by atoms with E-state index in [4.69, 9.17) is 4.74 Å². The van der Waals surface area contributed by atoms with Crippen molar-refractivity contribution < 1.29 is 9.84 Å². The molecule has 0 aromatic carbocycles. The molecule has 1 heterocycles. The van der Waals surface area contributed by atoms with Gasteiger partial charge in [0.2, 0.25) is 0 Å². The highest BCUT2D eigenvalue weighted by atomic mass is 16.5. The molecule has 4 heteroatoms. The lowest BCUT2D eigenvalue weighted by atomic mass is 10.0. The lowest BCUT2D eigenvalue weighted by molar-refractivity contribution is -0.0245. The molecule has 0 saturated heterocycles. The van der Waals surface area contributed by atoms with Crippen LogP contribution in [0.2, 0.25) is 0 Å². The number of ether oxygens (including phenoxy) is 1. The zero-order chi connectivity index (χ0) is 11.7. The van der Waals surface area contributed by atoms with E-state index in [1.54, 1.807) is 7.11 Å². The molecule has 0 aliphatic heterocycles. The Morgan fingerprint density at radius 3 is 2.75 bits per heavy atom. The van der Waals surface area contributed by atoms with E-state index >= 15 is 0 Å². The number of rotatable bonds is 5. The van der Waals surface area contributed by atoms with Gasteiger partial charge in [-0.3, -0.25) is 4.68 Å². The Hall–Kier alpha value is -0.870. The average Bonchev–Trinajstić information content (AvgIpc) is 2.97. The standard InChI is InChI=1S/C12H20N2O2/c1-8-6-10(14(2)13-8)7-11(15)12(16-3)9-4-5-9/h6,9,11-12,15H,4-5,7H2,1-3H3. The third kappa shape index (κ3) is 2.44. The van der Waals surface area contributed by atoms with Crippen molar-refractivity contribution in [2.24, 2.45) is 13.0 Å². The van der Waals surface area contributed by atoms with E-state index in [2.05, 4.69) is 5.10 Å². The van der Waals surface area contributed by atoms with Crippen molar-refractivity contribution in [2.75, 3.05) is 7.11 Å². The Morgan fingerprint density at radius 2 is 2.31 bits per heavy atom. The number of nitrogens with zero attached hydrogens (tertiary/aromatic N) is 2. The molecular weight excluding hydrogens is 204 g/mol. The Kier molecular flexibility index (Phi) is 3.30. The molecule has 0 bridgehead atoms. The molecule has 2 atom stereocenters. The minimum absolute atomic E-state index is 0.0183. The first-order valence-corrected chi connectivity index (χ1v) is 5.82. The molecule has 0 spiro atoms. The summed E-state index contributed by atoms with van der Waals surface area (Å²) >= 11 is 0. The van der Waals surface area contributed by atoms with Gasteiger partial charge in [-0.15, -0.1) is 0 Å². The molecule has 1 N–H and O–H groups in total. The van der Waals surface area contributed by atoms with Crippen LogP contribution >= 0.6 is 0 Å². The van der Waals surface area contributed by atoms with Gasteiger partial charge < -0.3 is 9.84 Å². The second-order valence-electron chi connectivity index (χ2n) is 4.71. The van der Waals surface area contributed by atoms with Crippen molar-refractivity contribution in [3.63, 3.8) is 0 Å². The summed E-state index contributed by atoms with van der Waals surface area (Å²) in [4.78, 5) is 0. The number of methoxy groups -OCH3 is 1. The summed E-state index contributed by atoms with van der Waals surface area (Å²) in [6, 6.07) is 2.02. The zero-order valence-electron chi connectivity index (χ0n) is 10.2. The van der Waals surface area contributed by atoms with Crippen molar-refractivity contribution in [1.82, 2.24) is 9.78 Å². The second kappa shape index (κ2) is 4.55. The molecule has 1 fully saturated rings. The lowest BCUT2D eigenvalue weighted by Gasteiger charge is -2.21. The van der Waals surface area contributed by atoms with Crippen LogP contribution in [-0.4, -0.2) is 34.2 Å². The summed E-state index contributed by atoms with van der Waals surface area (Å²) in [6.45, 7) is 1.96. The van der Waals surface area contributed by atoms with Crippen LogP contribution < -0.4 is 0 Å². The lowest BCUT2D eigenvalue weighted by Crippen LogP contribution is -2.32. The first-order chi connectivity index (χ1) is 7.61. The molecular formula is C12H20N2O2. The van der Waals surface area contributed by atoms with Crippen molar-refractivity contribution in [3.8, 4) is 0 Å². The van der Waals surface area contributed by atoms with E-state index in [9.17, 15) is 5.11 Å². The summed E-state index contributed by atoms with van der Waals surface area (Å²) in [5, 5.41) is 14.4. The van der Waals surface area contributed by atoms with Gasteiger partial charge in [0, 0.05) is 26.3 Å². The van der Waals surface area contributed by atoms with Crippen LogP contribution in [0.15, 0.2) is 6.07 Å². The first kappa shape index (κ1) is 11.6. The van der Waals surface area contributed by atoms with Crippen LogP contribution in [0, 0.1) is 12.8 Å². The van der Waals surface area contributed by atoms with Crippen LogP contribution in [0.1, 0.15) is 24.2 Å². The van der Waals surface area contributed by atoms with Crippen LogP contribution in [0.3, 0.4) is 0 Å². The summed E-state index contributed by atoms with van der Waals surface area (Å²) in [5.74, 6) is 0.550. The third-order valence-corrected chi connectivity index (χ3v) is 3.26. The zero-order valence-corrected chi connectivity index (χ0v) is 10.2. The van der Waals surface area contributed by atoms with Crippen molar-refractivity contribution >= 4 is 0 Å². The quantitative estimate of drug-likeness (QED) is 0.813. The third-order valence-electron chi connectivity index (χ3n) is 3.26. The number of aryl methyl sites for hydroxylation is 2. The normalized spacial score (nSPS) is 19.8. The molecule has 0 amide bonds. The van der Waals surface area contributed by atoms with E-state index in [1.165, 1.54) is 12.8 Å². The molecule has 0 radical (unpaired) electrons. The van der Waals surface area contributed by atoms with Gasteiger partial charge >= 0.3 is 0 Å². The van der Waals surface area contributed by atoms with Gasteiger partial charge in [-0.1, -0.05) is 0 Å². The van der Waals surface area contributed by atoms with E-state index < -0.39 is 6.10 Å². The Labute approximate surface area is 96.2 Å². The van der Waals surface area contributed by atoms with E-state index in [0.29, 0.717) is 12.3 Å². The van der Waals surface area contributed by atoms with E-state index in [0.717, 1.165) is 11.4 Å². The number of hydrogen-bond acceptors (Lipinski definition) is 3. The SMILES string of the molecule is COC(C(O)Cc1cc(C)nn1C)C1CC1. The molecule has 90 valence electrons. The van der Waals surface area contributed by atoms with Gasteiger partial charge in [0.25, 0.3) is 0 Å². The molecule has 4 nitrogen and oxygen atoms in total. The van der Waals surface area contributed by atoms with Gasteiger partial charge in [-0.05, 0) is 31.7 Å². The fourth-order valence-corrected chi connectivity index (χ4v) is 2.27. The van der Waals surface area contributed by atoms with Gasteiger partial charge in [0.05, 0.1) is 17.9 Å². The van der Waals surface area contributed by atoms with Crippen molar-refractivity contribution in [1.29, 1.82) is 0 Å². The minimum atomic E-state index is -0.424. The Morgan fingerprint density at radius 1 is 1.62 bits per heavy atom. The van der Waals surface area contributed by atoms with Gasteiger partial charge in [-0.2, -0.15) is 5.10 Å². The Bertz CT molecular complexity index is 358. The van der Waals surface area contributed by atoms with Crippen molar-refractivity contribution in [3.05, 3.63) is 17.5 Å². The van der Waals surface area contributed by atoms with Crippen LogP contribution in [-0.2, 0) is 18.2 Å². The monoisotopic (exact) mass is 224 g/mol. The minimum Gasteiger partial charge on any atom is -0.390 e. The van der Waals surface area contributed by atoms with Gasteiger partial charge in [0.15, 0.2) is 0 Å². The fourth-order valence-electron chi connectivity index (χ4n) is 2.27. The molecule has 2 unspecified atom stereocenters. The molecule has 1 aliphatic rings. The van der Waals surface area contributed by atoms with E-state index in [-0.39, 0.29) is 6.10 Å². The van der Waals surface area contributed by atoms with Crippen LogP contribution in [0.5, 0.6) is 0 Å². The van der Waals surface area contributed by atoms with Crippen molar-refractivity contribution in [2.45, 2.75) is 38.4 Å². The van der Waals surface area contributed by atoms with Gasteiger partial charge in [-0.25, -0.2) is 0 Å². The maximum absolute atomic E-state index is 10.1. The predicted molar refractivity (Wildman–Crippen MR) is 61.2 cm³/mol. The molecule has 1 aliphatic carbocycles. The molecule has 1 saturated carbocycles. The maximum atomic E-state index is 10.1. The highest BCUT2D eigenvalue weighted by Gasteiger charge is 2.36. The fraction of sp³-hybridized carbons (Fsp3) is 0.750. The second-order valence-corrected chi connectivity index (χ2v) is 4.71. The summed E-state index contributed by atoms with van der Waals surface area (Å²) in [5.41, 5.74) is 2.05. The first-order valence-electron chi connectivity index (χ1n) is 5.82. The largest absolute Gasteiger partial charge is 0.390 e. The number of aromatic nitrogens is 2. The van der Waals surface area contributed by atoms with Gasteiger partial charge in [0.1, 0.15) is 0 Å². The summed E-state index contributed by atoms with van der Waals surface area (Å²) in [7, 11) is 3.59. The van der Waals surface area contributed by atoms with E-state index in [1.807, 2.05) is 24.7 Å². The molecule has 1 aromatic heterocycles. The number of hydrogen-bond donors (Lipinski definition) is 1.